The van der Waals surface area contributed by atoms with Gasteiger partial charge in [0.15, 0.2) is 11.6 Å². The molecular formula is C14H19FN2O4. The third kappa shape index (κ3) is 4.37. The number of ether oxygens (including phenoxy) is 1. The normalized spacial score (nSPS) is 17.3. The standard InChI is InChI=1S/C14H19FN2O4/c1-9-5-13(11(15)6-12(9)17(19)20)21-8-14(2,18)7-16-10-3-4-10/h5-6,10,16,18H,3-4,7-8H2,1-2H3. The monoisotopic (exact) mass is 298 g/mol. The largest absolute Gasteiger partial charge is 0.487 e. The summed E-state index contributed by atoms with van der Waals surface area (Å²) in [5.74, 6) is -0.900. The van der Waals surface area contributed by atoms with Gasteiger partial charge in [0.1, 0.15) is 12.2 Å². The number of nitro benzene ring substituents is 1. The fraction of sp³-hybridized carbons (Fsp3) is 0.571. The lowest BCUT2D eigenvalue weighted by atomic mass is 10.1. The maximum Gasteiger partial charge on any atom is 0.275 e. The quantitative estimate of drug-likeness (QED) is 0.593. The van der Waals surface area contributed by atoms with Crippen LogP contribution in [0.15, 0.2) is 12.1 Å². The number of hydrogen-bond acceptors (Lipinski definition) is 5. The van der Waals surface area contributed by atoms with Crippen molar-refractivity contribution in [3.8, 4) is 5.75 Å². The average molecular weight is 298 g/mol. The van der Waals surface area contributed by atoms with E-state index in [0.717, 1.165) is 18.9 Å². The number of nitro groups is 1. The van der Waals surface area contributed by atoms with Crippen molar-refractivity contribution < 1.29 is 19.2 Å². The van der Waals surface area contributed by atoms with Gasteiger partial charge in [0.05, 0.1) is 11.0 Å². The summed E-state index contributed by atoms with van der Waals surface area (Å²) in [6, 6.07) is 2.56. The fourth-order valence-corrected chi connectivity index (χ4v) is 1.89. The van der Waals surface area contributed by atoms with Gasteiger partial charge in [0.2, 0.25) is 0 Å². The van der Waals surface area contributed by atoms with Crippen LogP contribution in [0.4, 0.5) is 10.1 Å². The minimum atomic E-state index is -1.13. The molecule has 6 nitrogen and oxygen atoms in total. The van der Waals surface area contributed by atoms with Crippen LogP contribution in [-0.2, 0) is 0 Å². The number of nitrogens with zero attached hydrogens (tertiary/aromatic N) is 1. The van der Waals surface area contributed by atoms with E-state index in [1.807, 2.05) is 0 Å². The van der Waals surface area contributed by atoms with E-state index in [4.69, 9.17) is 4.74 Å². The number of rotatable bonds is 7. The first-order chi connectivity index (χ1) is 9.78. The molecule has 1 aromatic carbocycles. The number of aliphatic hydroxyl groups is 1. The van der Waals surface area contributed by atoms with Gasteiger partial charge in [0.25, 0.3) is 5.69 Å². The summed E-state index contributed by atoms with van der Waals surface area (Å²) in [6.07, 6.45) is 2.21. The van der Waals surface area contributed by atoms with Crippen LogP contribution in [-0.4, -0.2) is 34.8 Å². The summed E-state index contributed by atoms with van der Waals surface area (Å²) in [5, 5.41) is 24.0. The SMILES string of the molecule is Cc1cc(OCC(C)(O)CNC2CC2)c(F)cc1[N+](=O)[O-]. The minimum Gasteiger partial charge on any atom is -0.487 e. The molecule has 1 aliphatic rings. The van der Waals surface area contributed by atoms with Crippen molar-refractivity contribution in [2.45, 2.75) is 38.3 Å². The Balaban J connectivity index is 1.98. The zero-order valence-electron chi connectivity index (χ0n) is 12.1. The summed E-state index contributed by atoms with van der Waals surface area (Å²) >= 11 is 0. The van der Waals surface area contributed by atoms with Gasteiger partial charge in [-0.3, -0.25) is 10.1 Å². The fourth-order valence-electron chi connectivity index (χ4n) is 1.89. The van der Waals surface area contributed by atoms with Gasteiger partial charge in [-0.05, 0) is 32.8 Å². The number of aryl methyl sites for hydroxylation is 1. The van der Waals surface area contributed by atoms with Crippen molar-refractivity contribution in [1.29, 1.82) is 0 Å². The summed E-state index contributed by atoms with van der Waals surface area (Å²) in [5.41, 5.74) is -1.11. The first-order valence-corrected chi connectivity index (χ1v) is 6.81. The molecule has 0 aliphatic heterocycles. The first kappa shape index (κ1) is 15.7. The molecule has 1 unspecified atom stereocenters. The molecule has 1 saturated carbocycles. The molecule has 1 atom stereocenters. The van der Waals surface area contributed by atoms with Crippen molar-refractivity contribution >= 4 is 5.69 Å². The smallest absolute Gasteiger partial charge is 0.275 e. The van der Waals surface area contributed by atoms with E-state index >= 15 is 0 Å². The van der Waals surface area contributed by atoms with E-state index in [-0.39, 0.29) is 18.0 Å². The second-order valence-electron chi connectivity index (χ2n) is 5.77. The molecule has 116 valence electrons. The molecule has 21 heavy (non-hydrogen) atoms. The topological polar surface area (TPSA) is 84.6 Å². The van der Waals surface area contributed by atoms with Crippen LogP contribution in [0.25, 0.3) is 0 Å². The number of nitrogens with one attached hydrogen (secondary N) is 1. The predicted molar refractivity (Wildman–Crippen MR) is 74.9 cm³/mol. The van der Waals surface area contributed by atoms with Crippen molar-refractivity contribution in [2.75, 3.05) is 13.2 Å². The second-order valence-corrected chi connectivity index (χ2v) is 5.77. The van der Waals surface area contributed by atoms with Crippen molar-refractivity contribution in [2.24, 2.45) is 0 Å². The summed E-state index contributed by atoms with van der Waals surface area (Å²) < 4.78 is 19.0. The lowest BCUT2D eigenvalue weighted by Crippen LogP contribution is -2.43. The molecule has 2 rings (SSSR count). The van der Waals surface area contributed by atoms with Gasteiger partial charge in [-0.1, -0.05) is 0 Å². The minimum absolute atomic E-state index is 0.0928. The molecule has 0 spiro atoms. The highest BCUT2D eigenvalue weighted by Gasteiger charge is 2.28. The maximum absolute atomic E-state index is 13.8. The van der Waals surface area contributed by atoms with E-state index in [9.17, 15) is 19.6 Å². The highest BCUT2D eigenvalue weighted by molar-refractivity contribution is 5.45. The number of hydrogen-bond donors (Lipinski definition) is 2. The van der Waals surface area contributed by atoms with Crippen LogP contribution in [0.3, 0.4) is 0 Å². The molecule has 2 N–H and O–H groups in total. The second kappa shape index (κ2) is 5.95. The Kier molecular flexibility index (Phi) is 4.43. The zero-order chi connectivity index (χ0) is 15.6. The van der Waals surface area contributed by atoms with Crippen LogP contribution >= 0.6 is 0 Å². The Morgan fingerprint density at radius 3 is 2.81 bits per heavy atom. The Morgan fingerprint density at radius 2 is 2.24 bits per heavy atom. The van der Waals surface area contributed by atoms with Crippen molar-refractivity contribution in [1.82, 2.24) is 5.32 Å². The molecule has 0 amide bonds. The number of halogens is 1. The molecule has 0 radical (unpaired) electrons. The van der Waals surface area contributed by atoms with Crippen LogP contribution in [0.5, 0.6) is 5.75 Å². The molecule has 0 saturated heterocycles. The molecule has 0 aromatic heterocycles. The Labute approximate surface area is 122 Å². The van der Waals surface area contributed by atoms with Crippen LogP contribution in [0.2, 0.25) is 0 Å². The molecule has 0 heterocycles. The van der Waals surface area contributed by atoms with E-state index in [1.165, 1.54) is 13.0 Å². The Morgan fingerprint density at radius 1 is 1.57 bits per heavy atom. The Bertz CT molecular complexity index is 544. The zero-order valence-corrected chi connectivity index (χ0v) is 12.1. The first-order valence-electron chi connectivity index (χ1n) is 6.81. The van der Waals surface area contributed by atoms with Gasteiger partial charge in [-0.15, -0.1) is 0 Å². The van der Waals surface area contributed by atoms with Crippen LogP contribution in [0, 0.1) is 22.9 Å². The third-order valence-corrected chi connectivity index (χ3v) is 3.33. The lowest BCUT2D eigenvalue weighted by molar-refractivity contribution is -0.385. The van der Waals surface area contributed by atoms with E-state index < -0.39 is 16.3 Å². The summed E-state index contributed by atoms with van der Waals surface area (Å²) in [6.45, 7) is 3.36. The molecule has 1 aliphatic carbocycles. The molecular weight excluding hydrogens is 279 g/mol. The number of benzene rings is 1. The van der Waals surface area contributed by atoms with E-state index in [0.29, 0.717) is 18.2 Å². The van der Waals surface area contributed by atoms with Crippen molar-refractivity contribution in [3.05, 3.63) is 33.6 Å². The van der Waals surface area contributed by atoms with Crippen molar-refractivity contribution in [3.63, 3.8) is 0 Å². The predicted octanol–water partition coefficient (Wildman–Crippen LogP) is 1.92. The summed E-state index contributed by atoms with van der Waals surface area (Å²) in [7, 11) is 0. The molecule has 0 bridgehead atoms. The van der Waals surface area contributed by atoms with Gasteiger partial charge < -0.3 is 15.2 Å². The van der Waals surface area contributed by atoms with Crippen LogP contribution < -0.4 is 10.1 Å². The maximum atomic E-state index is 13.8. The molecule has 1 aromatic rings. The van der Waals surface area contributed by atoms with E-state index in [2.05, 4.69) is 5.32 Å². The summed E-state index contributed by atoms with van der Waals surface area (Å²) in [4.78, 5) is 10.1. The van der Waals surface area contributed by atoms with Gasteiger partial charge in [-0.25, -0.2) is 4.39 Å². The van der Waals surface area contributed by atoms with Gasteiger partial charge in [0, 0.05) is 18.2 Å². The molecule has 1 fully saturated rings. The van der Waals surface area contributed by atoms with Gasteiger partial charge >= 0.3 is 0 Å². The van der Waals surface area contributed by atoms with E-state index in [1.54, 1.807) is 6.92 Å². The van der Waals surface area contributed by atoms with Crippen LogP contribution in [0.1, 0.15) is 25.3 Å². The third-order valence-electron chi connectivity index (χ3n) is 3.33. The molecule has 7 heteroatoms. The Hall–Kier alpha value is -1.73. The lowest BCUT2D eigenvalue weighted by Gasteiger charge is -2.24. The highest BCUT2D eigenvalue weighted by atomic mass is 19.1. The van der Waals surface area contributed by atoms with Gasteiger partial charge in [-0.2, -0.15) is 0 Å². The highest BCUT2D eigenvalue weighted by Crippen LogP contribution is 2.27. The average Bonchev–Trinajstić information content (AvgIpc) is 3.21.